The minimum atomic E-state index is 0.434. The van der Waals surface area contributed by atoms with Gasteiger partial charge >= 0.3 is 0 Å². The molecule has 0 aliphatic rings. The van der Waals surface area contributed by atoms with E-state index < -0.39 is 0 Å². The topological polar surface area (TPSA) is 39.2 Å². The van der Waals surface area contributed by atoms with Crippen molar-refractivity contribution in [2.45, 2.75) is 13.5 Å². The van der Waals surface area contributed by atoms with Crippen LogP contribution >= 0.6 is 15.9 Å². The molecule has 0 aliphatic heterocycles. The molecule has 0 spiro atoms. The average molecular weight is 266 g/mol. The van der Waals surface area contributed by atoms with Gasteiger partial charge in [0.05, 0.1) is 6.54 Å². The second-order valence-corrected chi connectivity index (χ2v) is 4.20. The first-order valence-corrected chi connectivity index (χ1v) is 5.56. The monoisotopic (exact) mass is 265 g/mol. The number of nitrogens with two attached hydrogens (primary N) is 1. The highest BCUT2D eigenvalue weighted by Gasteiger charge is 2.08. The predicted molar refractivity (Wildman–Crippen MR) is 64.5 cm³/mol. The number of benzene rings is 1. The Morgan fingerprint density at radius 1 is 1.27 bits per heavy atom. The van der Waals surface area contributed by atoms with E-state index in [4.69, 9.17) is 10.2 Å². The molecule has 0 unspecified atom stereocenters. The number of aryl methyl sites for hydroxylation is 1. The number of hydrogen-bond acceptors (Lipinski definition) is 2. The smallest absolute Gasteiger partial charge is 0.135 e. The van der Waals surface area contributed by atoms with Gasteiger partial charge in [-0.05, 0) is 40.5 Å². The zero-order valence-corrected chi connectivity index (χ0v) is 10.0. The van der Waals surface area contributed by atoms with Gasteiger partial charge in [-0.2, -0.15) is 0 Å². The molecular formula is C12H12BrNO. The maximum absolute atomic E-state index is 5.60. The largest absolute Gasteiger partial charge is 0.460 e. The van der Waals surface area contributed by atoms with Crippen LogP contribution < -0.4 is 5.73 Å². The average Bonchev–Trinajstić information content (AvgIpc) is 2.70. The van der Waals surface area contributed by atoms with Gasteiger partial charge in [-0.15, -0.1) is 0 Å². The van der Waals surface area contributed by atoms with E-state index in [9.17, 15) is 0 Å². The van der Waals surface area contributed by atoms with Crippen LogP contribution in [-0.4, -0.2) is 0 Å². The van der Waals surface area contributed by atoms with Crippen molar-refractivity contribution >= 4 is 15.9 Å². The Labute approximate surface area is 97.2 Å². The molecule has 2 nitrogen and oxygen atoms in total. The molecule has 1 aromatic carbocycles. The van der Waals surface area contributed by atoms with Crippen LogP contribution in [0.25, 0.3) is 11.3 Å². The van der Waals surface area contributed by atoms with Gasteiger partial charge in [-0.3, -0.25) is 0 Å². The first-order chi connectivity index (χ1) is 7.22. The second-order valence-electron chi connectivity index (χ2n) is 3.41. The standard InChI is InChI=1S/C12H12BrNO/c1-8-3-2-4-10(12(8)13)11-6-5-9(7-14)15-11/h2-6H,7,14H2,1H3. The molecule has 2 rings (SSSR count). The van der Waals surface area contributed by atoms with E-state index >= 15 is 0 Å². The molecule has 2 aromatic rings. The lowest BCUT2D eigenvalue weighted by molar-refractivity contribution is 0.525. The van der Waals surface area contributed by atoms with E-state index in [2.05, 4.69) is 28.9 Å². The molecule has 2 N–H and O–H groups in total. The number of halogens is 1. The van der Waals surface area contributed by atoms with Gasteiger partial charge < -0.3 is 10.2 Å². The summed E-state index contributed by atoms with van der Waals surface area (Å²) in [5.74, 6) is 1.66. The van der Waals surface area contributed by atoms with Crippen LogP contribution in [0.15, 0.2) is 39.2 Å². The molecule has 3 heteroatoms. The Kier molecular flexibility index (Phi) is 2.93. The third-order valence-electron chi connectivity index (χ3n) is 2.32. The zero-order valence-electron chi connectivity index (χ0n) is 8.46. The summed E-state index contributed by atoms with van der Waals surface area (Å²) in [4.78, 5) is 0. The number of hydrogen-bond donors (Lipinski definition) is 1. The molecule has 0 radical (unpaired) electrons. The summed E-state index contributed by atoms with van der Waals surface area (Å²) in [5, 5.41) is 0. The van der Waals surface area contributed by atoms with Crippen molar-refractivity contribution < 1.29 is 4.42 Å². The lowest BCUT2D eigenvalue weighted by atomic mass is 10.1. The van der Waals surface area contributed by atoms with Crippen molar-refractivity contribution in [1.29, 1.82) is 0 Å². The molecule has 15 heavy (non-hydrogen) atoms. The Morgan fingerprint density at radius 2 is 2.07 bits per heavy atom. The molecule has 0 fully saturated rings. The molecular weight excluding hydrogens is 254 g/mol. The molecule has 1 aromatic heterocycles. The van der Waals surface area contributed by atoms with E-state index in [1.807, 2.05) is 24.3 Å². The van der Waals surface area contributed by atoms with Gasteiger partial charge in [-0.1, -0.05) is 18.2 Å². The molecule has 0 saturated heterocycles. The molecule has 0 amide bonds. The maximum atomic E-state index is 5.60. The Morgan fingerprint density at radius 3 is 2.73 bits per heavy atom. The van der Waals surface area contributed by atoms with Gasteiger partial charge in [0.25, 0.3) is 0 Å². The predicted octanol–water partition coefficient (Wildman–Crippen LogP) is 3.48. The molecule has 0 bridgehead atoms. The van der Waals surface area contributed by atoms with Gasteiger partial charge in [0, 0.05) is 10.0 Å². The van der Waals surface area contributed by atoms with Crippen molar-refractivity contribution in [2.75, 3.05) is 0 Å². The molecule has 0 saturated carbocycles. The minimum Gasteiger partial charge on any atom is -0.460 e. The number of rotatable bonds is 2. The van der Waals surface area contributed by atoms with E-state index in [1.54, 1.807) is 0 Å². The molecule has 0 aliphatic carbocycles. The SMILES string of the molecule is Cc1cccc(-c2ccc(CN)o2)c1Br. The van der Waals surface area contributed by atoms with Crippen LogP contribution in [0.4, 0.5) is 0 Å². The summed E-state index contributed by atoms with van der Waals surface area (Å²) < 4.78 is 6.67. The summed E-state index contributed by atoms with van der Waals surface area (Å²) in [6.07, 6.45) is 0. The third kappa shape index (κ3) is 1.98. The van der Waals surface area contributed by atoms with Gasteiger partial charge in [-0.25, -0.2) is 0 Å². The van der Waals surface area contributed by atoms with E-state index in [1.165, 1.54) is 5.56 Å². The summed E-state index contributed by atoms with van der Waals surface area (Å²) in [6.45, 7) is 2.49. The minimum absolute atomic E-state index is 0.434. The summed E-state index contributed by atoms with van der Waals surface area (Å²) in [7, 11) is 0. The van der Waals surface area contributed by atoms with Crippen molar-refractivity contribution in [3.63, 3.8) is 0 Å². The van der Waals surface area contributed by atoms with Crippen LogP contribution in [0.3, 0.4) is 0 Å². The van der Waals surface area contributed by atoms with Crippen LogP contribution in [0, 0.1) is 6.92 Å². The normalized spacial score (nSPS) is 10.6. The van der Waals surface area contributed by atoms with Crippen LogP contribution in [-0.2, 0) is 6.54 Å². The Hall–Kier alpha value is -1.06. The fraction of sp³-hybridized carbons (Fsp3) is 0.167. The molecule has 0 atom stereocenters. The van der Waals surface area contributed by atoms with Crippen molar-refractivity contribution in [3.05, 3.63) is 46.1 Å². The summed E-state index contributed by atoms with van der Waals surface area (Å²) in [6, 6.07) is 9.95. The first-order valence-electron chi connectivity index (χ1n) is 4.76. The zero-order chi connectivity index (χ0) is 10.8. The van der Waals surface area contributed by atoms with Crippen LogP contribution in [0.5, 0.6) is 0 Å². The van der Waals surface area contributed by atoms with Crippen LogP contribution in [0.2, 0.25) is 0 Å². The summed E-state index contributed by atoms with van der Waals surface area (Å²) >= 11 is 3.56. The Bertz CT molecular complexity index is 476. The van der Waals surface area contributed by atoms with Crippen LogP contribution in [0.1, 0.15) is 11.3 Å². The second kappa shape index (κ2) is 4.21. The third-order valence-corrected chi connectivity index (χ3v) is 3.37. The molecule has 1 heterocycles. The first kappa shape index (κ1) is 10.5. The summed E-state index contributed by atoms with van der Waals surface area (Å²) in [5.41, 5.74) is 7.76. The quantitative estimate of drug-likeness (QED) is 0.903. The van der Waals surface area contributed by atoms with Crippen molar-refractivity contribution in [2.24, 2.45) is 5.73 Å². The highest BCUT2D eigenvalue weighted by Crippen LogP contribution is 2.31. The van der Waals surface area contributed by atoms with Crippen molar-refractivity contribution in [1.82, 2.24) is 0 Å². The highest BCUT2D eigenvalue weighted by atomic mass is 79.9. The van der Waals surface area contributed by atoms with Crippen molar-refractivity contribution in [3.8, 4) is 11.3 Å². The Balaban J connectivity index is 2.49. The van der Waals surface area contributed by atoms with Gasteiger partial charge in [0.1, 0.15) is 11.5 Å². The van der Waals surface area contributed by atoms with E-state index in [0.29, 0.717) is 6.54 Å². The van der Waals surface area contributed by atoms with Gasteiger partial charge in [0.15, 0.2) is 0 Å². The van der Waals surface area contributed by atoms with E-state index in [-0.39, 0.29) is 0 Å². The fourth-order valence-corrected chi connectivity index (χ4v) is 1.93. The van der Waals surface area contributed by atoms with Gasteiger partial charge in [0.2, 0.25) is 0 Å². The number of furan rings is 1. The fourth-order valence-electron chi connectivity index (χ4n) is 1.47. The van der Waals surface area contributed by atoms with E-state index in [0.717, 1.165) is 21.6 Å². The lowest BCUT2D eigenvalue weighted by Crippen LogP contribution is -1.92. The lowest BCUT2D eigenvalue weighted by Gasteiger charge is -2.03. The molecule has 78 valence electrons. The maximum Gasteiger partial charge on any atom is 0.135 e. The highest BCUT2D eigenvalue weighted by molar-refractivity contribution is 9.10.